The Morgan fingerprint density at radius 2 is 0.917 bits per heavy atom. The fourth-order valence-corrected chi connectivity index (χ4v) is 2.02. The molecule has 0 aliphatic heterocycles. The summed E-state index contributed by atoms with van der Waals surface area (Å²) in [4.78, 5) is 0. The van der Waals surface area contributed by atoms with Crippen LogP contribution in [0.3, 0.4) is 0 Å². The summed E-state index contributed by atoms with van der Waals surface area (Å²) >= 11 is 0. The summed E-state index contributed by atoms with van der Waals surface area (Å²) in [5, 5.41) is 0. The van der Waals surface area contributed by atoms with Gasteiger partial charge >= 0.3 is 0 Å². The molecule has 68 valence electrons. The largest absolute Gasteiger partial charge is 0.0774 e. The number of hydrogen-bond donors (Lipinski definition) is 0. The molecule has 1 aliphatic rings. The van der Waals surface area contributed by atoms with Crippen molar-refractivity contribution < 1.29 is 0 Å². The molecule has 0 heterocycles. The molecule has 0 unspecified atom stereocenters. The smallest absolute Gasteiger partial charge is 0.0699 e. The minimum atomic E-state index is 0.503. The fraction of sp³-hybridized carbons (Fsp3) is 1.00. The van der Waals surface area contributed by atoms with E-state index in [4.69, 9.17) is 7.85 Å². The van der Waals surface area contributed by atoms with E-state index in [1.165, 1.54) is 64.2 Å². The summed E-state index contributed by atoms with van der Waals surface area (Å²) < 4.78 is 0. The maximum atomic E-state index is 5.98. The Kier molecular flexibility index (Phi) is 5.55. The lowest BCUT2D eigenvalue weighted by atomic mass is 9.79. The highest BCUT2D eigenvalue weighted by Crippen LogP contribution is 2.22. The normalized spacial score (nSPS) is 24.7. The van der Waals surface area contributed by atoms with Gasteiger partial charge in [-0.3, -0.25) is 0 Å². The lowest BCUT2D eigenvalue weighted by molar-refractivity contribution is 0.584. The molecule has 1 heteroatoms. The first-order chi connectivity index (χ1) is 5.89. The molecule has 1 fully saturated rings. The second-order valence-electron chi connectivity index (χ2n) is 4.17. The molecule has 0 N–H and O–H groups in total. The van der Waals surface area contributed by atoms with Crippen LogP contribution in [-0.2, 0) is 0 Å². The monoisotopic (exact) mass is 164 g/mol. The third-order valence-corrected chi connectivity index (χ3v) is 2.90. The molecule has 0 aromatic rings. The van der Waals surface area contributed by atoms with Gasteiger partial charge in [0.1, 0.15) is 0 Å². The first kappa shape index (κ1) is 10.1. The molecule has 0 amide bonds. The van der Waals surface area contributed by atoms with Crippen LogP contribution in [-0.4, -0.2) is 7.85 Å². The third-order valence-electron chi connectivity index (χ3n) is 2.90. The molecule has 0 aromatic heterocycles. The quantitative estimate of drug-likeness (QED) is 0.477. The van der Waals surface area contributed by atoms with Crippen LogP contribution in [0.1, 0.15) is 64.2 Å². The van der Waals surface area contributed by atoms with E-state index in [1.807, 2.05) is 0 Å². The highest BCUT2D eigenvalue weighted by Gasteiger charge is 2.03. The summed E-state index contributed by atoms with van der Waals surface area (Å²) in [6, 6.07) is 0. The Morgan fingerprint density at radius 1 is 0.583 bits per heavy atom. The van der Waals surface area contributed by atoms with Gasteiger partial charge in [-0.25, -0.2) is 0 Å². The average molecular weight is 164 g/mol. The second kappa shape index (κ2) is 6.57. The molecule has 12 heavy (non-hydrogen) atoms. The van der Waals surface area contributed by atoms with Crippen molar-refractivity contribution in [3.05, 3.63) is 0 Å². The summed E-state index contributed by atoms with van der Waals surface area (Å²) in [6.07, 6.45) is 13.9. The lowest BCUT2D eigenvalue weighted by Gasteiger charge is -2.09. The van der Waals surface area contributed by atoms with Crippen LogP contribution >= 0.6 is 0 Å². The van der Waals surface area contributed by atoms with Gasteiger partial charge in [0.05, 0.1) is 7.85 Å². The van der Waals surface area contributed by atoms with Gasteiger partial charge in [-0.1, -0.05) is 70.0 Å². The van der Waals surface area contributed by atoms with Crippen molar-refractivity contribution in [1.82, 2.24) is 0 Å². The average Bonchev–Trinajstić information content (AvgIpc) is 2.11. The molecular weight excluding hydrogens is 143 g/mol. The zero-order chi connectivity index (χ0) is 8.65. The predicted molar refractivity (Wildman–Crippen MR) is 55.7 cm³/mol. The zero-order valence-corrected chi connectivity index (χ0v) is 8.23. The van der Waals surface area contributed by atoms with Gasteiger partial charge in [0.25, 0.3) is 0 Å². The standard InChI is InChI=1S/C11H21B/c12-11-9-7-5-3-1-2-4-6-8-10-11/h11H,1-10H2. The van der Waals surface area contributed by atoms with Gasteiger partial charge in [0.15, 0.2) is 0 Å². The molecule has 1 aliphatic carbocycles. The SMILES string of the molecule is [B]C1CCCCCCCCCC1. The van der Waals surface area contributed by atoms with E-state index in [0.29, 0.717) is 5.82 Å². The number of hydrogen-bond acceptors (Lipinski definition) is 0. The van der Waals surface area contributed by atoms with Crippen molar-refractivity contribution >= 4 is 7.85 Å². The Hall–Kier alpha value is 0.0649. The minimum Gasteiger partial charge on any atom is -0.0774 e. The molecule has 0 atom stereocenters. The summed E-state index contributed by atoms with van der Waals surface area (Å²) in [5.41, 5.74) is 0. The Bertz CT molecular complexity index is 89.2. The van der Waals surface area contributed by atoms with Crippen molar-refractivity contribution in [3.8, 4) is 0 Å². The molecule has 0 aromatic carbocycles. The van der Waals surface area contributed by atoms with Gasteiger partial charge in [0, 0.05) is 0 Å². The zero-order valence-electron chi connectivity index (χ0n) is 8.23. The minimum absolute atomic E-state index is 0.503. The van der Waals surface area contributed by atoms with Gasteiger partial charge in [-0.2, -0.15) is 0 Å². The van der Waals surface area contributed by atoms with E-state index < -0.39 is 0 Å². The van der Waals surface area contributed by atoms with Gasteiger partial charge in [-0.05, 0) is 0 Å². The predicted octanol–water partition coefficient (Wildman–Crippen LogP) is 3.86. The fourth-order valence-electron chi connectivity index (χ4n) is 2.02. The topological polar surface area (TPSA) is 0 Å². The van der Waals surface area contributed by atoms with Gasteiger partial charge in [-0.15, -0.1) is 0 Å². The molecule has 1 saturated carbocycles. The molecule has 2 radical (unpaired) electrons. The van der Waals surface area contributed by atoms with Crippen LogP contribution in [0.25, 0.3) is 0 Å². The van der Waals surface area contributed by atoms with Crippen molar-refractivity contribution in [2.75, 3.05) is 0 Å². The second-order valence-corrected chi connectivity index (χ2v) is 4.17. The first-order valence-electron chi connectivity index (χ1n) is 5.65. The maximum absolute atomic E-state index is 5.98. The van der Waals surface area contributed by atoms with Crippen LogP contribution < -0.4 is 0 Å². The van der Waals surface area contributed by atoms with Gasteiger partial charge in [0.2, 0.25) is 0 Å². The lowest BCUT2D eigenvalue weighted by Crippen LogP contribution is -1.92. The van der Waals surface area contributed by atoms with Crippen LogP contribution in [0.5, 0.6) is 0 Å². The number of rotatable bonds is 0. The Balaban J connectivity index is 2.13. The Labute approximate surface area is 78.5 Å². The van der Waals surface area contributed by atoms with E-state index in [2.05, 4.69) is 0 Å². The van der Waals surface area contributed by atoms with Crippen molar-refractivity contribution in [3.63, 3.8) is 0 Å². The third kappa shape index (κ3) is 4.85. The molecule has 0 spiro atoms. The summed E-state index contributed by atoms with van der Waals surface area (Å²) in [6.45, 7) is 0. The molecule has 0 saturated heterocycles. The highest BCUT2D eigenvalue weighted by atomic mass is 14.1. The molecule has 0 bridgehead atoms. The highest BCUT2D eigenvalue weighted by molar-refractivity contribution is 6.11. The van der Waals surface area contributed by atoms with E-state index in [1.54, 1.807) is 0 Å². The van der Waals surface area contributed by atoms with Crippen LogP contribution in [0.4, 0.5) is 0 Å². The van der Waals surface area contributed by atoms with E-state index in [9.17, 15) is 0 Å². The van der Waals surface area contributed by atoms with Crippen LogP contribution in [0, 0.1) is 0 Å². The first-order valence-corrected chi connectivity index (χ1v) is 5.65. The van der Waals surface area contributed by atoms with E-state index in [0.717, 1.165) is 0 Å². The summed E-state index contributed by atoms with van der Waals surface area (Å²) in [7, 11) is 5.98. The molecular formula is C11H21B. The van der Waals surface area contributed by atoms with Crippen molar-refractivity contribution in [2.45, 2.75) is 70.0 Å². The van der Waals surface area contributed by atoms with Crippen LogP contribution in [0.2, 0.25) is 5.82 Å². The van der Waals surface area contributed by atoms with E-state index >= 15 is 0 Å². The molecule has 1 rings (SSSR count). The van der Waals surface area contributed by atoms with Crippen molar-refractivity contribution in [1.29, 1.82) is 0 Å². The van der Waals surface area contributed by atoms with E-state index in [-0.39, 0.29) is 0 Å². The van der Waals surface area contributed by atoms with Gasteiger partial charge < -0.3 is 0 Å². The maximum Gasteiger partial charge on any atom is 0.0699 e. The Morgan fingerprint density at radius 3 is 1.33 bits per heavy atom. The summed E-state index contributed by atoms with van der Waals surface area (Å²) in [5.74, 6) is 0.503. The van der Waals surface area contributed by atoms with Crippen molar-refractivity contribution in [2.24, 2.45) is 0 Å². The van der Waals surface area contributed by atoms with Crippen LogP contribution in [0.15, 0.2) is 0 Å². The molecule has 0 nitrogen and oxygen atoms in total.